The maximum absolute atomic E-state index is 12.8. The van der Waals surface area contributed by atoms with Gasteiger partial charge in [-0.1, -0.05) is 18.2 Å². The summed E-state index contributed by atoms with van der Waals surface area (Å²) in [5, 5.41) is 5.32. The Morgan fingerprint density at radius 2 is 1.86 bits per heavy atom. The number of imide groups is 1. The predicted octanol–water partition coefficient (Wildman–Crippen LogP) is 3.35. The zero-order chi connectivity index (χ0) is 20.7. The van der Waals surface area contributed by atoms with Crippen LogP contribution in [-0.4, -0.2) is 36.3 Å². The van der Waals surface area contributed by atoms with Gasteiger partial charge in [0.2, 0.25) is 0 Å². The van der Waals surface area contributed by atoms with Gasteiger partial charge in [-0.3, -0.25) is 9.59 Å². The molecule has 1 aromatic carbocycles. The van der Waals surface area contributed by atoms with Gasteiger partial charge >= 0.3 is 0 Å². The largest absolute Gasteiger partial charge is 0.493 e. The topological polar surface area (TPSA) is 68.2 Å². The van der Waals surface area contributed by atoms with Gasteiger partial charge in [0, 0.05) is 5.56 Å². The molecule has 1 aromatic rings. The minimum Gasteiger partial charge on any atom is -0.493 e. The molecule has 0 unspecified atom stereocenters. The average Bonchev–Trinajstić information content (AvgIpc) is 3.36. The van der Waals surface area contributed by atoms with E-state index in [1.54, 1.807) is 25.5 Å². The molecule has 4 atom stereocenters. The van der Waals surface area contributed by atoms with Crippen LogP contribution in [0, 0.1) is 23.7 Å². The fraction of sp³-hybridized carbons (Fsp3) is 0.435. The SMILES string of the molecule is C=CCc1cc(C=NN2C(=O)[C@@H]3[C@H](C2=O)[C@H]2C=C[C@H]3C2)cc(OC)c1OC(C)C. The number of carbonyl (C=O) groups excluding carboxylic acids is 2. The molecule has 2 bridgehead atoms. The van der Waals surface area contributed by atoms with Gasteiger partial charge in [-0.25, -0.2) is 0 Å². The Kier molecular flexibility index (Phi) is 5.03. The van der Waals surface area contributed by atoms with Crippen LogP contribution in [-0.2, 0) is 16.0 Å². The molecule has 0 aromatic heterocycles. The van der Waals surface area contributed by atoms with Crippen molar-refractivity contribution in [3.8, 4) is 11.5 Å². The Hall–Kier alpha value is -2.89. The molecule has 2 amide bonds. The Labute approximate surface area is 170 Å². The number of carbonyl (C=O) groups is 2. The lowest BCUT2D eigenvalue weighted by Gasteiger charge is -2.18. The molecular formula is C23H26N2O4. The van der Waals surface area contributed by atoms with E-state index in [9.17, 15) is 9.59 Å². The summed E-state index contributed by atoms with van der Waals surface area (Å²) in [7, 11) is 1.58. The van der Waals surface area contributed by atoms with Gasteiger partial charge < -0.3 is 9.47 Å². The van der Waals surface area contributed by atoms with E-state index in [1.807, 2.05) is 19.9 Å². The second-order valence-electron chi connectivity index (χ2n) is 8.10. The number of hydrogen-bond acceptors (Lipinski definition) is 5. The molecule has 1 saturated carbocycles. The van der Waals surface area contributed by atoms with E-state index in [-0.39, 0.29) is 41.6 Å². The maximum Gasteiger partial charge on any atom is 0.254 e. The van der Waals surface area contributed by atoms with Crippen molar-refractivity contribution in [3.63, 3.8) is 0 Å². The van der Waals surface area contributed by atoms with Crippen LogP contribution in [0.25, 0.3) is 0 Å². The van der Waals surface area contributed by atoms with E-state index in [0.717, 1.165) is 22.6 Å². The van der Waals surface area contributed by atoms with Gasteiger partial charge in [-0.05, 0) is 56.2 Å². The van der Waals surface area contributed by atoms with E-state index < -0.39 is 0 Å². The lowest BCUT2D eigenvalue weighted by Crippen LogP contribution is -2.28. The normalized spacial score (nSPS) is 27.4. The average molecular weight is 394 g/mol. The molecule has 0 N–H and O–H groups in total. The molecule has 6 heteroatoms. The summed E-state index contributed by atoms with van der Waals surface area (Å²) in [6, 6.07) is 3.72. The smallest absolute Gasteiger partial charge is 0.254 e. The fourth-order valence-electron chi connectivity index (χ4n) is 4.71. The van der Waals surface area contributed by atoms with Crippen LogP contribution >= 0.6 is 0 Å². The molecule has 1 heterocycles. The van der Waals surface area contributed by atoms with Crippen LogP contribution in [0.2, 0.25) is 0 Å². The van der Waals surface area contributed by atoms with Crippen LogP contribution in [0.1, 0.15) is 31.4 Å². The Balaban J connectivity index is 1.61. The first-order valence-electron chi connectivity index (χ1n) is 10.0. The zero-order valence-electron chi connectivity index (χ0n) is 17.0. The lowest BCUT2D eigenvalue weighted by atomic mass is 9.85. The van der Waals surface area contributed by atoms with E-state index in [1.165, 1.54) is 0 Å². The summed E-state index contributed by atoms with van der Waals surface area (Å²) in [5.74, 6) is 0.728. The van der Waals surface area contributed by atoms with Crippen LogP contribution in [0.15, 0.2) is 42.0 Å². The third-order valence-corrected chi connectivity index (χ3v) is 5.86. The molecule has 2 aliphatic carbocycles. The Bertz CT molecular complexity index is 888. The lowest BCUT2D eigenvalue weighted by molar-refractivity contribution is -0.140. The third kappa shape index (κ3) is 3.26. The van der Waals surface area contributed by atoms with E-state index in [4.69, 9.17) is 9.47 Å². The Morgan fingerprint density at radius 1 is 1.21 bits per heavy atom. The summed E-state index contributed by atoms with van der Waals surface area (Å²) in [6.07, 6.45) is 8.98. The third-order valence-electron chi connectivity index (χ3n) is 5.86. The van der Waals surface area contributed by atoms with Crippen molar-refractivity contribution in [3.05, 3.63) is 48.1 Å². The van der Waals surface area contributed by atoms with Gasteiger partial charge in [-0.15, -0.1) is 6.58 Å². The van der Waals surface area contributed by atoms with Crippen molar-refractivity contribution >= 4 is 18.0 Å². The number of rotatable bonds is 7. The summed E-state index contributed by atoms with van der Waals surface area (Å²) in [6.45, 7) is 7.72. The summed E-state index contributed by atoms with van der Waals surface area (Å²) in [5.41, 5.74) is 1.64. The molecule has 29 heavy (non-hydrogen) atoms. The zero-order valence-corrected chi connectivity index (χ0v) is 17.0. The molecular weight excluding hydrogens is 368 g/mol. The molecule has 1 aliphatic heterocycles. The van der Waals surface area contributed by atoms with Crippen molar-refractivity contribution in [1.29, 1.82) is 0 Å². The number of amides is 2. The summed E-state index contributed by atoms with van der Waals surface area (Å²) < 4.78 is 11.4. The first kappa shape index (κ1) is 19.4. The van der Waals surface area contributed by atoms with Crippen LogP contribution in [0.5, 0.6) is 11.5 Å². The summed E-state index contributed by atoms with van der Waals surface area (Å²) in [4.78, 5) is 25.6. The maximum atomic E-state index is 12.8. The highest BCUT2D eigenvalue weighted by molar-refractivity contribution is 6.06. The minimum absolute atomic E-state index is 0.00443. The van der Waals surface area contributed by atoms with Crippen LogP contribution in [0.3, 0.4) is 0 Å². The number of hydrazone groups is 1. The van der Waals surface area contributed by atoms with Crippen LogP contribution in [0.4, 0.5) is 0 Å². The number of methoxy groups -OCH3 is 1. The van der Waals surface area contributed by atoms with Crippen molar-refractivity contribution < 1.29 is 19.1 Å². The van der Waals surface area contributed by atoms with Gasteiger partial charge in [0.05, 0.1) is 31.3 Å². The van der Waals surface area contributed by atoms with Gasteiger partial charge in [0.25, 0.3) is 11.8 Å². The molecule has 152 valence electrons. The Morgan fingerprint density at radius 3 is 2.41 bits per heavy atom. The molecule has 6 nitrogen and oxygen atoms in total. The first-order chi connectivity index (χ1) is 13.9. The standard InChI is InChI=1S/C23H26N2O4/c1-5-6-17-9-14(10-18(28-4)21(17)29-13(2)3)12-24-25-22(26)19-15-7-8-16(11-15)20(19)23(25)27/h5,7-10,12-13,15-16,19-20H,1,6,11H2,2-4H3/t15-,16-,19-,20+/m0/s1. The monoisotopic (exact) mass is 394 g/mol. The molecule has 0 spiro atoms. The van der Waals surface area contributed by atoms with Crippen molar-refractivity contribution in [2.75, 3.05) is 7.11 Å². The quantitative estimate of drug-likeness (QED) is 0.404. The number of hydrogen-bond donors (Lipinski definition) is 0. The van der Waals surface area contributed by atoms with Crippen molar-refractivity contribution in [1.82, 2.24) is 5.01 Å². The number of nitrogens with zero attached hydrogens (tertiary/aromatic N) is 2. The molecule has 2 fully saturated rings. The van der Waals surface area contributed by atoms with Crippen molar-refractivity contribution in [2.24, 2.45) is 28.8 Å². The number of allylic oxidation sites excluding steroid dienone is 3. The predicted molar refractivity (Wildman–Crippen MR) is 110 cm³/mol. The van der Waals surface area contributed by atoms with Gasteiger partial charge in [0.15, 0.2) is 11.5 Å². The second-order valence-corrected chi connectivity index (χ2v) is 8.10. The fourth-order valence-corrected chi connectivity index (χ4v) is 4.71. The van der Waals surface area contributed by atoms with E-state index in [0.29, 0.717) is 17.9 Å². The van der Waals surface area contributed by atoms with E-state index >= 15 is 0 Å². The molecule has 3 aliphatic rings. The first-order valence-corrected chi connectivity index (χ1v) is 10.0. The van der Waals surface area contributed by atoms with Crippen molar-refractivity contribution in [2.45, 2.75) is 32.8 Å². The summed E-state index contributed by atoms with van der Waals surface area (Å²) >= 11 is 0. The minimum atomic E-state index is -0.248. The highest BCUT2D eigenvalue weighted by atomic mass is 16.5. The van der Waals surface area contributed by atoms with E-state index in [2.05, 4.69) is 23.8 Å². The van der Waals surface area contributed by atoms with Crippen LogP contribution < -0.4 is 9.47 Å². The molecule has 0 radical (unpaired) electrons. The second kappa shape index (κ2) is 7.50. The highest BCUT2D eigenvalue weighted by Gasteiger charge is 2.59. The number of benzene rings is 1. The molecule has 1 saturated heterocycles. The number of ether oxygens (including phenoxy) is 2. The molecule has 4 rings (SSSR count). The van der Waals surface area contributed by atoms with Gasteiger partial charge in [0.1, 0.15) is 0 Å². The van der Waals surface area contributed by atoms with Gasteiger partial charge in [-0.2, -0.15) is 10.1 Å². The highest BCUT2D eigenvalue weighted by Crippen LogP contribution is 2.52. The number of fused-ring (bicyclic) bond motifs is 5.